The van der Waals surface area contributed by atoms with E-state index in [9.17, 15) is 9.59 Å². The Balaban J connectivity index is 1.20. The molecule has 3 aromatic rings. The smallest absolute Gasteiger partial charge is 0.239 e. The van der Waals surface area contributed by atoms with Gasteiger partial charge in [-0.15, -0.1) is 5.10 Å². The number of rotatable bonds is 10. The normalized spacial score (nSPS) is 20.4. The molecule has 2 aliphatic rings. The van der Waals surface area contributed by atoms with Crippen molar-refractivity contribution < 1.29 is 9.59 Å². The summed E-state index contributed by atoms with van der Waals surface area (Å²) in [4.78, 5) is 34.1. The number of hydrogen-bond acceptors (Lipinski definition) is 7. The molecule has 3 atom stereocenters. The van der Waals surface area contributed by atoms with E-state index in [1.54, 1.807) is 10.9 Å². The van der Waals surface area contributed by atoms with Crippen LogP contribution in [-0.2, 0) is 29.6 Å². The molecule has 3 N–H and O–H groups in total. The number of likely N-dealkylation sites (tertiary alicyclic amines) is 2. The van der Waals surface area contributed by atoms with Gasteiger partial charge in [-0.05, 0) is 67.3 Å². The Morgan fingerprint density at radius 2 is 2.03 bits per heavy atom. The largest absolute Gasteiger partial charge is 0.343 e. The average Bonchev–Trinajstić information content (AvgIpc) is 3.68. The highest BCUT2D eigenvalue weighted by molar-refractivity contribution is 5.83. The first-order valence-corrected chi connectivity index (χ1v) is 13.7. The summed E-state index contributed by atoms with van der Waals surface area (Å²) in [5.41, 5.74) is 10.5. The standard InChI is InChI=1S/C28H38N8O2/c1-34-26-8-6-21(15-25(26)32-33-34)17-31-18-23-14-22(13-20-5-4-10-30-16-20)19-36(23)28(38)24(29)7-9-27(37)35-11-2-3-12-35/h4-6,8,10,15-16,22-24,31H,2-3,7,9,11-14,17-19,29H2,1H3. The Morgan fingerprint density at radius 1 is 1.18 bits per heavy atom. The molecule has 2 fully saturated rings. The molecule has 1 aromatic carbocycles. The first kappa shape index (κ1) is 26.2. The van der Waals surface area contributed by atoms with Crippen LogP contribution in [0.15, 0.2) is 42.7 Å². The van der Waals surface area contributed by atoms with E-state index in [2.05, 4.69) is 32.7 Å². The van der Waals surface area contributed by atoms with E-state index in [1.807, 2.05) is 41.2 Å². The van der Waals surface area contributed by atoms with Gasteiger partial charge in [0.05, 0.1) is 11.6 Å². The van der Waals surface area contributed by atoms with E-state index >= 15 is 0 Å². The molecule has 0 saturated carbocycles. The van der Waals surface area contributed by atoms with Crippen molar-refractivity contribution in [3.63, 3.8) is 0 Å². The van der Waals surface area contributed by atoms with Crippen LogP contribution in [0.1, 0.15) is 43.2 Å². The second-order valence-corrected chi connectivity index (χ2v) is 10.7. The maximum absolute atomic E-state index is 13.5. The van der Waals surface area contributed by atoms with Crippen molar-refractivity contribution in [2.45, 2.75) is 57.2 Å². The number of nitrogens with zero attached hydrogens (tertiary/aromatic N) is 6. The van der Waals surface area contributed by atoms with Crippen molar-refractivity contribution >= 4 is 22.8 Å². The van der Waals surface area contributed by atoms with Crippen LogP contribution in [0.4, 0.5) is 0 Å². The molecular formula is C28H38N8O2. The second-order valence-electron chi connectivity index (χ2n) is 10.7. The number of carbonyl (C=O) groups excluding carboxylic acids is 2. The third-order valence-corrected chi connectivity index (χ3v) is 7.86. The van der Waals surface area contributed by atoms with E-state index in [0.29, 0.717) is 38.4 Å². The predicted octanol–water partition coefficient (Wildman–Crippen LogP) is 1.64. The maximum Gasteiger partial charge on any atom is 0.239 e. The van der Waals surface area contributed by atoms with Crippen molar-refractivity contribution in [1.29, 1.82) is 0 Å². The lowest BCUT2D eigenvalue weighted by atomic mass is 9.97. The van der Waals surface area contributed by atoms with Gasteiger partial charge in [0.1, 0.15) is 5.52 Å². The molecule has 2 saturated heterocycles. The Hall–Kier alpha value is -3.37. The molecule has 10 nitrogen and oxygen atoms in total. The Morgan fingerprint density at radius 3 is 2.82 bits per heavy atom. The van der Waals surface area contributed by atoms with E-state index in [0.717, 1.165) is 55.4 Å². The maximum atomic E-state index is 13.5. The van der Waals surface area contributed by atoms with Crippen LogP contribution in [0.25, 0.3) is 11.0 Å². The van der Waals surface area contributed by atoms with Gasteiger partial charge in [-0.1, -0.05) is 17.3 Å². The van der Waals surface area contributed by atoms with Gasteiger partial charge < -0.3 is 20.9 Å². The fourth-order valence-electron chi connectivity index (χ4n) is 5.80. The molecule has 2 amide bonds. The third-order valence-electron chi connectivity index (χ3n) is 7.86. The molecule has 3 unspecified atom stereocenters. The minimum atomic E-state index is -0.666. The highest BCUT2D eigenvalue weighted by Gasteiger charge is 2.37. The van der Waals surface area contributed by atoms with Crippen molar-refractivity contribution in [1.82, 2.24) is 35.1 Å². The topological polar surface area (TPSA) is 122 Å². The van der Waals surface area contributed by atoms with Gasteiger partial charge in [-0.2, -0.15) is 0 Å². The minimum absolute atomic E-state index is 0.0461. The van der Waals surface area contributed by atoms with Gasteiger partial charge >= 0.3 is 0 Å². The summed E-state index contributed by atoms with van der Waals surface area (Å²) in [6.45, 7) is 3.66. The third kappa shape index (κ3) is 6.19. The lowest BCUT2D eigenvalue weighted by molar-refractivity contribution is -0.134. The van der Waals surface area contributed by atoms with E-state index in [4.69, 9.17) is 5.73 Å². The zero-order valence-electron chi connectivity index (χ0n) is 22.1. The molecular weight excluding hydrogens is 480 g/mol. The van der Waals surface area contributed by atoms with Gasteiger partial charge in [0.15, 0.2) is 0 Å². The first-order valence-electron chi connectivity index (χ1n) is 13.7. The van der Waals surface area contributed by atoms with Crippen LogP contribution >= 0.6 is 0 Å². The quantitative estimate of drug-likeness (QED) is 0.418. The zero-order valence-corrected chi connectivity index (χ0v) is 22.1. The summed E-state index contributed by atoms with van der Waals surface area (Å²) in [7, 11) is 1.88. The molecule has 2 aromatic heterocycles. The molecule has 0 bridgehead atoms. The number of nitrogens with two attached hydrogens (primary N) is 1. The number of pyridine rings is 1. The first-order chi connectivity index (χ1) is 18.5. The highest BCUT2D eigenvalue weighted by atomic mass is 16.2. The minimum Gasteiger partial charge on any atom is -0.343 e. The molecule has 202 valence electrons. The van der Waals surface area contributed by atoms with Crippen molar-refractivity contribution in [3.8, 4) is 0 Å². The predicted molar refractivity (Wildman–Crippen MR) is 145 cm³/mol. The molecule has 2 aliphatic heterocycles. The zero-order chi connectivity index (χ0) is 26.5. The summed E-state index contributed by atoms with van der Waals surface area (Å²) in [6, 6.07) is 9.57. The summed E-state index contributed by atoms with van der Waals surface area (Å²) in [6.07, 6.45) is 8.28. The average molecular weight is 519 g/mol. The van der Waals surface area contributed by atoms with Crippen LogP contribution in [0.5, 0.6) is 0 Å². The number of aryl methyl sites for hydroxylation is 1. The molecule has 38 heavy (non-hydrogen) atoms. The number of benzene rings is 1. The van der Waals surface area contributed by atoms with E-state index in [-0.39, 0.29) is 17.9 Å². The molecule has 5 rings (SSSR count). The summed E-state index contributed by atoms with van der Waals surface area (Å²) in [5.74, 6) is 0.393. The van der Waals surface area contributed by atoms with Gasteiger partial charge in [-0.25, -0.2) is 4.68 Å². The van der Waals surface area contributed by atoms with E-state index in [1.165, 1.54) is 5.56 Å². The Labute approximate surface area is 223 Å². The molecule has 10 heteroatoms. The molecule has 0 aliphatic carbocycles. The van der Waals surface area contributed by atoms with Crippen molar-refractivity contribution in [3.05, 3.63) is 53.9 Å². The number of carbonyl (C=O) groups is 2. The van der Waals surface area contributed by atoms with Crippen LogP contribution < -0.4 is 11.1 Å². The van der Waals surface area contributed by atoms with Crippen LogP contribution in [0, 0.1) is 5.92 Å². The lowest BCUT2D eigenvalue weighted by Gasteiger charge is -2.28. The van der Waals surface area contributed by atoms with Crippen molar-refractivity contribution in [2.75, 3.05) is 26.2 Å². The lowest BCUT2D eigenvalue weighted by Crippen LogP contribution is -2.49. The summed E-state index contributed by atoms with van der Waals surface area (Å²) >= 11 is 0. The summed E-state index contributed by atoms with van der Waals surface area (Å²) < 4.78 is 1.76. The fraction of sp³-hybridized carbons (Fsp3) is 0.536. The number of amides is 2. The number of aromatic nitrogens is 4. The van der Waals surface area contributed by atoms with Gasteiger partial charge in [-0.3, -0.25) is 14.6 Å². The number of fused-ring (bicyclic) bond motifs is 1. The van der Waals surface area contributed by atoms with Gasteiger partial charge in [0.2, 0.25) is 11.8 Å². The molecule has 0 radical (unpaired) electrons. The van der Waals surface area contributed by atoms with Crippen molar-refractivity contribution in [2.24, 2.45) is 18.7 Å². The fourth-order valence-corrected chi connectivity index (χ4v) is 5.80. The van der Waals surface area contributed by atoms with Crippen LogP contribution in [0.3, 0.4) is 0 Å². The number of hydrogen-bond donors (Lipinski definition) is 2. The van der Waals surface area contributed by atoms with Crippen LogP contribution in [0.2, 0.25) is 0 Å². The molecule has 4 heterocycles. The second kappa shape index (κ2) is 12.0. The molecule has 0 spiro atoms. The Kier molecular flexibility index (Phi) is 8.29. The van der Waals surface area contributed by atoms with E-state index < -0.39 is 6.04 Å². The monoisotopic (exact) mass is 518 g/mol. The van der Waals surface area contributed by atoms with Gasteiger partial charge in [0.25, 0.3) is 0 Å². The van der Waals surface area contributed by atoms with Gasteiger partial charge in [0, 0.05) is 64.6 Å². The summed E-state index contributed by atoms with van der Waals surface area (Å²) in [5, 5.41) is 11.8. The van der Waals surface area contributed by atoms with Crippen LogP contribution in [-0.4, -0.2) is 79.9 Å². The highest BCUT2D eigenvalue weighted by Crippen LogP contribution is 2.27. The SMILES string of the molecule is Cn1nnc2cc(CNCC3CC(Cc4cccnc4)CN3C(=O)C(N)CCC(=O)N3CCCC3)ccc21. The number of nitrogens with one attached hydrogen (secondary N) is 1. The Bertz CT molecular complexity index is 1240.